The number of hydroxylamine groups is 1. The van der Waals surface area contributed by atoms with E-state index in [4.69, 9.17) is 0 Å². The van der Waals surface area contributed by atoms with E-state index in [1.165, 1.54) is 0 Å². The molecule has 1 fully saturated rings. The summed E-state index contributed by atoms with van der Waals surface area (Å²) in [6.45, 7) is 2.10. The minimum atomic E-state index is -0.635. The van der Waals surface area contributed by atoms with Crippen LogP contribution in [0.4, 0.5) is 4.79 Å². The molecule has 0 unspecified atom stereocenters. The van der Waals surface area contributed by atoms with Crippen LogP contribution in [0.2, 0.25) is 0 Å². The maximum absolute atomic E-state index is 10.8. The van der Waals surface area contributed by atoms with Gasteiger partial charge in [0, 0.05) is 0 Å². The largest absolute Gasteiger partial charge is 0.450 e. The van der Waals surface area contributed by atoms with Crippen molar-refractivity contribution >= 4 is 12.0 Å². The summed E-state index contributed by atoms with van der Waals surface area (Å²) in [5.41, 5.74) is 2.11. The van der Waals surface area contributed by atoms with Crippen molar-refractivity contribution < 1.29 is 19.2 Å². The van der Waals surface area contributed by atoms with Crippen LogP contribution in [0.3, 0.4) is 0 Å². The fourth-order valence-corrected chi connectivity index (χ4v) is 0.765. The smallest absolute Gasteiger partial charge is 0.407 e. The van der Waals surface area contributed by atoms with Gasteiger partial charge < -0.3 is 10.1 Å². The van der Waals surface area contributed by atoms with Crippen molar-refractivity contribution in [1.82, 2.24) is 10.8 Å². The Kier molecular flexibility index (Phi) is 2.87. The SMILES string of the molecule is CCOC(=O)N[C@@H]1CONC1=O. The van der Waals surface area contributed by atoms with Crippen LogP contribution in [-0.4, -0.2) is 31.3 Å². The topological polar surface area (TPSA) is 76.7 Å². The molecule has 2 N–H and O–H groups in total. The Hall–Kier alpha value is -1.30. The second kappa shape index (κ2) is 3.91. The molecule has 0 radical (unpaired) electrons. The third kappa shape index (κ3) is 2.09. The Morgan fingerprint density at radius 1 is 1.92 bits per heavy atom. The van der Waals surface area contributed by atoms with Crippen LogP contribution in [0, 0.1) is 0 Å². The lowest BCUT2D eigenvalue weighted by Crippen LogP contribution is -2.41. The molecule has 2 amide bonds. The summed E-state index contributed by atoms with van der Waals surface area (Å²) in [7, 11) is 0. The van der Waals surface area contributed by atoms with Crippen LogP contribution in [0.5, 0.6) is 0 Å². The van der Waals surface area contributed by atoms with Gasteiger partial charge in [-0.3, -0.25) is 9.63 Å². The van der Waals surface area contributed by atoms with Crippen LogP contribution < -0.4 is 10.8 Å². The average Bonchev–Trinajstić information content (AvgIpc) is 2.37. The molecule has 0 bridgehead atoms. The number of ether oxygens (including phenoxy) is 1. The number of hydrogen-bond acceptors (Lipinski definition) is 4. The molecule has 0 aliphatic carbocycles. The van der Waals surface area contributed by atoms with Crippen LogP contribution in [0.25, 0.3) is 0 Å². The normalized spacial score (nSPS) is 21.8. The summed E-state index contributed by atoms with van der Waals surface area (Å²) < 4.78 is 4.57. The van der Waals surface area contributed by atoms with E-state index in [-0.39, 0.29) is 19.1 Å². The number of carbonyl (C=O) groups excluding carboxylic acids is 2. The van der Waals surface area contributed by atoms with E-state index in [1.807, 2.05) is 0 Å². The first-order valence-electron chi connectivity index (χ1n) is 3.59. The van der Waals surface area contributed by atoms with Crippen molar-refractivity contribution in [3.05, 3.63) is 0 Å². The van der Waals surface area contributed by atoms with Crippen molar-refractivity contribution in [2.45, 2.75) is 13.0 Å². The van der Waals surface area contributed by atoms with Gasteiger partial charge in [-0.15, -0.1) is 0 Å². The molecule has 1 heterocycles. The van der Waals surface area contributed by atoms with Gasteiger partial charge in [0.2, 0.25) is 0 Å². The lowest BCUT2D eigenvalue weighted by atomic mass is 10.3. The Bertz CT molecular complexity index is 194. The van der Waals surface area contributed by atoms with Crippen molar-refractivity contribution in [1.29, 1.82) is 0 Å². The van der Waals surface area contributed by atoms with Gasteiger partial charge in [-0.25, -0.2) is 10.3 Å². The van der Waals surface area contributed by atoms with E-state index in [0.717, 1.165) is 0 Å². The van der Waals surface area contributed by atoms with Gasteiger partial charge in [0.05, 0.1) is 6.61 Å². The van der Waals surface area contributed by atoms with E-state index in [0.29, 0.717) is 0 Å². The molecule has 1 rings (SSSR count). The molecule has 1 aliphatic heterocycles. The highest BCUT2D eigenvalue weighted by molar-refractivity contribution is 5.86. The highest BCUT2D eigenvalue weighted by atomic mass is 16.7. The standard InChI is InChI=1S/C6H10N2O4/c1-2-11-6(10)7-4-3-12-8-5(4)9/h4H,2-3H2,1H3,(H,7,10)(H,8,9)/t4-/m1/s1. The van der Waals surface area contributed by atoms with Crippen LogP contribution in [-0.2, 0) is 14.4 Å². The molecule has 12 heavy (non-hydrogen) atoms. The lowest BCUT2D eigenvalue weighted by Gasteiger charge is -2.07. The molecule has 6 heteroatoms. The number of hydrogen-bond donors (Lipinski definition) is 2. The zero-order valence-electron chi connectivity index (χ0n) is 6.62. The fraction of sp³-hybridized carbons (Fsp3) is 0.667. The second-order valence-corrected chi connectivity index (χ2v) is 2.19. The molecular formula is C6H10N2O4. The summed E-state index contributed by atoms with van der Waals surface area (Å²) in [5, 5.41) is 2.33. The summed E-state index contributed by atoms with van der Waals surface area (Å²) in [5.74, 6) is -0.358. The van der Waals surface area contributed by atoms with Gasteiger partial charge >= 0.3 is 6.09 Å². The van der Waals surface area contributed by atoms with Crippen molar-refractivity contribution in [3.8, 4) is 0 Å². The van der Waals surface area contributed by atoms with Gasteiger partial charge in [-0.05, 0) is 6.92 Å². The summed E-state index contributed by atoms with van der Waals surface area (Å²) in [6.07, 6.45) is -0.608. The molecule has 1 aliphatic rings. The van der Waals surface area contributed by atoms with Crippen molar-refractivity contribution in [3.63, 3.8) is 0 Å². The van der Waals surface area contributed by atoms with Gasteiger partial charge in [0.25, 0.3) is 5.91 Å². The second-order valence-electron chi connectivity index (χ2n) is 2.19. The monoisotopic (exact) mass is 174 g/mol. The maximum atomic E-state index is 10.8. The Balaban J connectivity index is 2.30. The average molecular weight is 174 g/mol. The Labute approximate surface area is 69.2 Å². The first-order chi connectivity index (χ1) is 5.74. The first kappa shape index (κ1) is 8.79. The third-order valence-corrected chi connectivity index (χ3v) is 1.31. The van der Waals surface area contributed by atoms with Gasteiger partial charge in [-0.2, -0.15) is 0 Å². The third-order valence-electron chi connectivity index (χ3n) is 1.31. The number of rotatable bonds is 2. The molecule has 0 saturated carbocycles. The molecule has 0 aromatic heterocycles. The molecule has 68 valence electrons. The number of carbonyl (C=O) groups is 2. The summed E-state index contributed by atoms with van der Waals surface area (Å²) >= 11 is 0. The minimum Gasteiger partial charge on any atom is -0.450 e. The molecule has 0 spiro atoms. The van der Waals surface area contributed by atoms with Crippen LogP contribution in [0.15, 0.2) is 0 Å². The number of alkyl carbamates (subject to hydrolysis) is 1. The molecule has 1 atom stereocenters. The minimum absolute atomic E-state index is 0.137. The van der Waals surface area contributed by atoms with E-state index in [1.54, 1.807) is 6.92 Å². The van der Waals surface area contributed by atoms with Crippen molar-refractivity contribution in [2.24, 2.45) is 0 Å². The predicted molar refractivity (Wildman–Crippen MR) is 38.0 cm³/mol. The van der Waals surface area contributed by atoms with Gasteiger partial charge in [0.1, 0.15) is 12.6 Å². The molecule has 1 saturated heterocycles. The first-order valence-corrected chi connectivity index (χ1v) is 3.59. The molecule has 0 aromatic carbocycles. The predicted octanol–water partition coefficient (Wildman–Crippen LogP) is -0.837. The molecular weight excluding hydrogens is 164 g/mol. The van der Waals surface area contributed by atoms with Gasteiger partial charge in [-0.1, -0.05) is 0 Å². The van der Waals surface area contributed by atoms with Crippen LogP contribution >= 0.6 is 0 Å². The highest BCUT2D eigenvalue weighted by Crippen LogP contribution is 1.94. The number of amides is 2. The maximum Gasteiger partial charge on any atom is 0.407 e. The van der Waals surface area contributed by atoms with Gasteiger partial charge in [0.15, 0.2) is 0 Å². The lowest BCUT2D eigenvalue weighted by molar-refractivity contribution is -0.125. The zero-order chi connectivity index (χ0) is 8.97. The Morgan fingerprint density at radius 3 is 3.17 bits per heavy atom. The molecule has 0 aromatic rings. The highest BCUT2D eigenvalue weighted by Gasteiger charge is 2.27. The van der Waals surface area contributed by atoms with E-state index in [9.17, 15) is 9.59 Å². The fourth-order valence-electron chi connectivity index (χ4n) is 0.765. The van der Waals surface area contributed by atoms with E-state index in [2.05, 4.69) is 20.4 Å². The van der Waals surface area contributed by atoms with Crippen molar-refractivity contribution in [2.75, 3.05) is 13.2 Å². The van der Waals surface area contributed by atoms with Crippen LogP contribution in [0.1, 0.15) is 6.92 Å². The number of nitrogens with one attached hydrogen (secondary N) is 2. The quantitative estimate of drug-likeness (QED) is 0.572. The summed E-state index contributed by atoms with van der Waals surface area (Å²) in [6, 6.07) is -0.635. The summed E-state index contributed by atoms with van der Waals surface area (Å²) in [4.78, 5) is 26.2. The van der Waals surface area contributed by atoms with E-state index >= 15 is 0 Å². The van der Waals surface area contributed by atoms with E-state index < -0.39 is 12.1 Å². The zero-order valence-corrected chi connectivity index (χ0v) is 6.62. The Morgan fingerprint density at radius 2 is 2.67 bits per heavy atom. The molecule has 6 nitrogen and oxygen atoms in total.